The first-order valence-electron chi connectivity index (χ1n) is 11.3. The van der Waals surface area contributed by atoms with Crippen molar-refractivity contribution < 1.29 is 33.6 Å². The number of benzene rings is 3. The van der Waals surface area contributed by atoms with E-state index >= 15 is 0 Å². The highest BCUT2D eigenvalue weighted by molar-refractivity contribution is 5.89. The van der Waals surface area contributed by atoms with Gasteiger partial charge >= 0.3 is 5.97 Å². The second-order valence-corrected chi connectivity index (χ2v) is 8.24. The number of esters is 1. The van der Waals surface area contributed by atoms with Crippen LogP contribution >= 0.6 is 0 Å². The van der Waals surface area contributed by atoms with Crippen LogP contribution in [0.2, 0.25) is 0 Å². The lowest BCUT2D eigenvalue weighted by molar-refractivity contribution is -0.362. The van der Waals surface area contributed by atoms with E-state index in [9.17, 15) is 9.90 Å². The first kappa shape index (κ1) is 22.7. The van der Waals surface area contributed by atoms with Gasteiger partial charge in [0.2, 0.25) is 0 Å². The molecule has 7 heteroatoms. The largest absolute Gasteiger partial charge is 0.450 e. The number of fused-ring (bicyclic) bond motifs is 1. The van der Waals surface area contributed by atoms with E-state index in [1.165, 1.54) is 0 Å². The van der Waals surface area contributed by atoms with Gasteiger partial charge in [-0.3, -0.25) is 0 Å². The third-order valence-electron chi connectivity index (χ3n) is 5.89. The first-order chi connectivity index (χ1) is 16.7. The molecule has 3 aromatic rings. The monoisotopic (exact) mass is 462 g/mol. The van der Waals surface area contributed by atoms with E-state index in [-0.39, 0.29) is 13.2 Å². The van der Waals surface area contributed by atoms with Crippen LogP contribution < -0.4 is 0 Å². The molecule has 0 aliphatic carbocycles. The van der Waals surface area contributed by atoms with Crippen LogP contribution in [-0.4, -0.2) is 48.4 Å². The van der Waals surface area contributed by atoms with Gasteiger partial charge in [-0.15, -0.1) is 0 Å². The predicted molar refractivity (Wildman–Crippen MR) is 122 cm³/mol. The lowest BCUT2D eigenvalue weighted by atomic mass is 9.97. The predicted octanol–water partition coefficient (Wildman–Crippen LogP) is 3.63. The Balaban J connectivity index is 1.35. The van der Waals surface area contributed by atoms with E-state index in [2.05, 4.69) is 0 Å². The van der Waals surface area contributed by atoms with Crippen molar-refractivity contribution in [1.29, 1.82) is 0 Å². The molecule has 0 bridgehead atoms. The Kier molecular flexibility index (Phi) is 6.99. The second-order valence-electron chi connectivity index (χ2n) is 8.24. The zero-order chi connectivity index (χ0) is 23.3. The van der Waals surface area contributed by atoms with E-state index in [4.69, 9.17) is 23.7 Å². The zero-order valence-corrected chi connectivity index (χ0v) is 18.4. The van der Waals surface area contributed by atoms with Gasteiger partial charge in [0.25, 0.3) is 0 Å². The number of hydrogen-bond donors (Lipinski definition) is 1. The Morgan fingerprint density at radius 3 is 2.24 bits per heavy atom. The molecule has 2 saturated heterocycles. The molecule has 0 spiro atoms. The molecule has 1 N–H and O–H groups in total. The topological polar surface area (TPSA) is 83.5 Å². The molecule has 0 radical (unpaired) electrons. The number of aliphatic hydroxyl groups is 1. The summed E-state index contributed by atoms with van der Waals surface area (Å²) in [5.41, 5.74) is 2.12. The van der Waals surface area contributed by atoms with Crippen LogP contribution in [0.1, 0.15) is 27.8 Å². The molecular weight excluding hydrogens is 436 g/mol. The number of rotatable bonds is 6. The molecule has 7 nitrogen and oxygen atoms in total. The number of ether oxygens (including phenoxy) is 5. The summed E-state index contributed by atoms with van der Waals surface area (Å²) in [5, 5.41) is 11.3. The maximum Gasteiger partial charge on any atom is 0.338 e. The lowest BCUT2D eigenvalue weighted by Crippen LogP contribution is -2.63. The maximum absolute atomic E-state index is 12.8. The van der Waals surface area contributed by atoms with E-state index in [1.807, 2.05) is 66.7 Å². The summed E-state index contributed by atoms with van der Waals surface area (Å²) >= 11 is 0. The van der Waals surface area contributed by atoms with Crippen LogP contribution in [0, 0.1) is 0 Å². The summed E-state index contributed by atoms with van der Waals surface area (Å²) in [4.78, 5) is 12.8. The molecule has 2 heterocycles. The van der Waals surface area contributed by atoms with Crippen molar-refractivity contribution in [1.82, 2.24) is 0 Å². The van der Waals surface area contributed by atoms with Gasteiger partial charge in [0.1, 0.15) is 18.3 Å². The molecule has 0 aromatic heterocycles. The Morgan fingerprint density at radius 1 is 0.882 bits per heavy atom. The fraction of sp³-hybridized carbons (Fsp3) is 0.296. The van der Waals surface area contributed by atoms with Crippen LogP contribution in [0.5, 0.6) is 0 Å². The number of aliphatic hydroxyl groups excluding tert-OH is 1. The van der Waals surface area contributed by atoms with Gasteiger partial charge in [-0.1, -0.05) is 78.9 Å². The van der Waals surface area contributed by atoms with Crippen molar-refractivity contribution >= 4 is 5.97 Å². The van der Waals surface area contributed by atoms with Crippen LogP contribution in [-0.2, 0) is 30.3 Å². The lowest BCUT2D eigenvalue weighted by Gasteiger charge is -2.47. The molecule has 2 fully saturated rings. The van der Waals surface area contributed by atoms with Crippen molar-refractivity contribution in [2.45, 2.75) is 43.6 Å². The summed E-state index contributed by atoms with van der Waals surface area (Å²) in [7, 11) is 0. The third-order valence-corrected chi connectivity index (χ3v) is 5.89. The smallest absolute Gasteiger partial charge is 0.338 e. The molecule has 0 unspecified atom stereocenters. The average molecular weight is 462 g/mol. The maximum atomic E-state index is 12.8. The second kappa shape index (κ2) is 10.5. The minimum absolute atomic E-state index is 0.200. The summed E-state index contributed by atoms with van der Waals surface area (Å²) in [5.74, 6) is -0.577. The zero-order valence-electron chi connectivity index (χ0n) is 18.4. The van der Waals surface area contributed by atoms with Gasteiger partial charge in [-0.2, -0.15) is 0 Å². The fourth-order valence-electron chi connectivity index (χ4n) is 4.12. The molecular formula is C27H26O7. The van der Waals surface area contributed by atoms with Crippen molar-refractivity contribution in [2.75, 3.05) is 6.61 Å². The van der Waals surface area contributed by atoms with Crippen molar-refractivity contribution in [3.8, 4) is 0 Å². The van der Waals surface area contributed by atoms with Gasteiger partial charge in [-0.05, 0) is 17.7 Å². The molecule has 6 atom stereocenters. The highest BCUT2D eigenvalue weighted by Crippen LogP contribution is 2.35. The number of carbonyl (C=O) groups is 1. The highest BCUT2D eigenvalue weighted by atomic mass is 16.8. The molecule has 5 rings (SSSR count). The normalized spacial score (nSPS) is 28.6. The van der Waals surface area contributed by atoms with Gasteiger partial charge in [-0.25, -0.2) is 4.79 Å². The highest BCUT2D eigenvalue weighted by Gasteiger charge is 2.51. The fourth-order valence-corrected chi connectivity index (χ4v) is 4.12. The van der Waals surface area contributed by atoms with Crippen molar-refractivity contribution in [3.63, 3.8) is 0 Å². The SMILES string of the molecule is O=C(O[C@@H]1[C@H](OCc2ccccc2)O[C@H]2CO[C@H](c3ccccc3)O[C@@H]2[C@H]1O)c1ccccc1. The van der Waals surface area contributed by atoms with E-state index in [0.717, 1.165) is 11.1 Å². The molecule has 0 saturated carbocycles. The molecule has 2 aliphatic heterocycles. The molecule has 2 aliphatic rings. The van der Waals surface area contributed by atoms with Gasteiger partial charge in [0.05, 0.1) is 18.8 Å². The third kappa shape index (κ3) is 5.04. The Morgan fingerprint density at radius 2 is 1.53 bits per heavy atom. The molecule has 34 heavy (non-hydrogen) atoms. The minimum Gasteiger partial charge on any atom is -0.450 e. The summed E-state index contributed by atoms with van der Waals surface area (Å²) in [6.45, 7) is 0.426. The average Bonchev–Trinajstić information content (AvgIpc) is 2.90. The van der Waals surface area contributed by atoms with Crippen LogP contribution in [0.4, 0.5) is 0 Å². The number of hydrogen-bond acceptors (Lipinski definition) is 7. The Bertz CT molecular complexity index is 1060. The van der Waals surface area contributed by atoms with E-state index < -0.39 is 43.0 Å². The van der Waals surface area contributed by atoms with Crippen LogP contribution in [0.3, 0.4) is 0 Å². The van der Waals surface area contributed by atoms with Crippen LogP contribution in [0.25, 0.3) is 0 Å². The van der Waals surface area contributed by atoms with Gasteiger partial charge < -0.3 is 28.8 Å². The molecule has 176 valence electrons. The summed E-state index contributed by atoms with van der Waals surface area (Å²) in [6, 6.07) is 27.6. The number of carbonyl (C=O) groups excluding carboxylic acids is 1. The molecule has 3 aromatic carbocycles. The van der Waals surface area contributed by atoms with Gasteiger partial charge in [0, 0.05) is 5.56 Å². The summed E-state index contributed by atoms with van der Waals surface area (Å²) < 4.78 is 29.7. The minimum atomic E-state index is -1.18. The Labute approximate surface area is 197 Å². The van der Waals surface area contributed by atoms with Crippen molar-refractivity contribution in [2.24, 2.45) is 0 Å². The standard InChI is InChI=1S/C27H26O7/c28-22-23-21(17-31-26(34-23)20-14-8-3-9-15-20)32-27(30-16-18-10-4-1-5-11-18)24(22)33-25(29)19-12-6-2-7-13-19/h1-15,21-24,26-28H,16-17H2/t21-,22+,23-,24-,26-,27+/m0/s1. The van der Waals surface area contributed by atoms with E-state index in [0.29, 0.717) is 5.56 Å². The van der Waals surface area contributed by atoms with Gasteiger partial charge in [0.15, 0.2) is 18.7 Å². The quantitative estimate of drug-likeness (QED) is 0.560. The van der Waals surface area contributed by atoms with E-state index in [1.54, 1.807) is 24.3 Å². The summed E-state index contributed by atoms with van der Waals surface area (Å²) in [6.07, 6.45) is -5.27. The van der Waals surface area contributed by atoms with Crippen LogP contribution in [0.15, 0.2) is 91.0 Å². The molecule has 0 amide bonds. The van der Waals surface area contributed by atoms with Crippen molar-refractivity contribution in [3.05, 3.63) is 108 Å². The first-order valence-corrected chi connectivity index (χ1v) is 11.3. The Hall–Kier alpha value is -3.07.